The number of pyridine rings is 1. The fourth-order valence-electron chi connectivity index (χ4n) is 2.76. The van der Waals surface area contributed by atoms with Gasteiger partial charge in [0.25, 0.3) is 0 Å². The minimum atomic E-state index is 0.701. The van der Waals surface area contributed by atoms with E-state index < -0.39 is 0 Å². The van der Waals surface area contributed by atoms with Crippen LogP contribution in [0.25, 0.3) is 0 Å². The predicted octanol–water partition coefficient (Wildman–Crippen LogP) is 1.05. The lowest BCUT2D eigenvalue weighted by Gasteiger charge is -2.31. The number of nitrogens with zero attached hydrogens (tertiary/aromatic N) is 3. The Morgan fingerprint density at radius 2 is 2.16 bits per heavy atom. The van der Waals surface area contributed by atoms with E-state index >= 15 is 0 Å². The average Bonchev–Trinajstić information content (AvgIpc) is 2.40. The molecule has 1 aromatic heterocycles. The Bertz CT molecular complexity index is 348. The maximum absolute atomic E-state index is 4.38. The van der Waals surface area contributed by atoms with Gasteiger partial charge in [0.15, 0.2) is 0 Å². The van der Waals surface area contributed by atoms with Crippen molar-refractivity contribution in [2.75, 3.05) is 46.3 Å². The summed E-state index contributed by atoms with van der Waals surface area (Å²) in [5, 5.41) is 3.40. The fraction of sp³-hybridized carbons (Fsp3) is 0.667. The second-order valence-corrected chi connectivity index (χ2v) is 5.67. The molecule has 1 unspecified atom stereocenters. The smallest absolute Gasteiger partial charge is 0.0543 e. The van der Waals surface area contributed by atoms with E-state index in [0.717, 1.165) is 31.9 Å². The van der Waals surface area contributed by atoms with Gasteiger partial charge >= 0.3 is 0 Å². The highest BCUT2D eigenvalue weighted by Gasteiger charge is 2.14. The van der Waals surface area contributed by atoms with Crippen LogP contribution in [-0.2, 0) is 6.54 Å². The zero-order chi connectivity index (χ0) is 13.5. The third kappa shape index (κ3) is 5.27. The van der Waals surface area contributed by atoms with Gasteiger partial charge in [0.05, 0.1) is 5.69 Å². The van der Waals surface area contributed by atoms with Crippen LogP contribution in [-0.4, -0.2) is 61.1 Å². The van der Waals surface area contributed by atoms with Gasteiger partial charge in [-0.25, -0.2) is 0 Å². The lowest BCUT2D eigenvalue weighted by molar-refractivity contribution is 0.181. The summed E-state index contributed by atoms with van der Waals surface area (Å²) in [7, 11) is 2.18. The molecule has 1 N–H and O–H groups in total. The van der Waals surface area contributed by atoms with E-state index in [1.54, 1.807) is 0 Å². The van der Waals surface area contributed by atoms with Crippen molar-refractivity contribution in [2.24, 2.45) is 5.92 Å². The van der Waals surface area contributed by atoms with Crippen LogP contribution in [0.3, 0.4) is 0 Å². The van der Waals surface area contributed by atoms with Gasteiger partial charge in [0.2, 0.25) is 0 Å². The van der Waals surface area contributed by atoms with Gasteiger partial charge in [-0.1, -0.05) is 13.0 Å². The van der Waals surface area contributed by atoms with Gasteiger partial charge in [-0.05, 0) is 25.1 Å². The van der Waals surface area contributed by atoms with Crippen LogP contribution in [0.5, 0.6) is 0 Å². The van der Waals surface area contributed by atoms with Gasteiger partial charge in [0, 0.05) is 52.0 Å². The van der Waals surface area contributed by atoms with E-state index in [1.807, 2.05) is 12.3 Å². The van der Waals surface area contributed by atoms with Gasteiger partial charge in [-0.2, -0.15) is 0 Å². The molecule has 1 aliphatic rings. The molecule has 106 valence electrons. The lowest BCUT2D eigenvalue weighted by Crippen LogP contribution is -2.46. The Kier molecular flexibility index (Phi) is 5.76. The average molecular weight is 262 g/mol. The van der Waals surface area contributed by atoms with Crippen LogP contribution < -0.4 is 5.32 Å². The molecule has 1 fully saturated rings. The molecule has 4 nitrogen and oxygen atoms in total. The second-order valence-electron chi connectivity index (χ2n) is 5.67. The van der Waals surface area contributed by atoms with Crippen LogP contribution in [0.2, 0.25) is 0 Å². The molecule has 0 radical (unpaired) electrons. The number of hydrogen-bond acceptors (Lipinski definition) is 4. The van der Waals surface area contributed by atoms with Crippen molar-refractivity contribution >= 4 is 0 Å². The summed E-state index contributed by atoms with van der Waals surface area (Å²) in [5.74, 6) is 0.701. The summed E-state index contributed by atoms with van der Waals surface area (Å²) in [5.41, 5.74) is 1.15. The molecule has 2 heterocycles. The van der Waals surface area contributed by atoms with Crippen LogP contribution in [0.15, 0.2) is 24.4 Å². The first-order valence-corrected chi connectivity index (χ1v) is 7.25. The second kappa shape index (κ2) is 7.58. The Morgan fingerprint density at radius 1 is 1.37 bits per heavy atom. The normalized spacial score (nSPS) is 18.7. The molecule has 1 atom stereocenters. The highest BCUT2D eigenvalue weighted by Crippen LogP contribution is 2.06. The van der Waals surface area contributed by atoms with Crippen LogP contribution in [0.1, 0.15) is 12.6 Å². The fourth-order valence-corrected chi connectivity index (χ4v) is 2.76. The molecule has 4 heteroatoms. The van der Waals surface area contributed by atoms with Gasteiger partial charge in [-0.15, -0.1) is 0 Å². The van der Waals surface area contributed by atoms with Gasteiger partial charge in [-0.3, -0.25) is 4.98 Å². The molecule has 1 saturated heterocycles. The van der Waals surface area contributed by atoms with Crippen molar-refractivity contribution in [1.82, 2.24) is 20.1 Å². The Hall–Kier alpha value is -0.970. The van der Waals surface area contributed by atoms with E-state index in [4.69, 9.17) is 0 Å². The summed E-state index contributed by atoms with van der Waals surface area (Å²) < 4.78 is 0. The molecule has 1 aliphatic heterocycles. The zero-order valence-corrected chi connectivity index (χ0v) is 12.2. The third-order valence-electron chi connectivity index (χ3n) is 3.56. The molecule has 0 saturated carbocycles. The summed E-state index contributed by atoms with van der Waals surface area (Å²) >= 11 is 0. The first kappa shape index (κ1) is 14.4. The van der Waals surface area contributed by atoms with Crippen LogP contribution in [0.4, 0.5) is 0 Å². The minimum absolute atomic E-state index is 0.701. The Labute approximate surface area is 116 Å². The standard InChI is InChI=1S/C15H26N4/c1-14(12-19-9-7-16-8-10-19)11-18(2)13-15-5-3-4-6-17-15/h3-6,14,16H,7-13H2,1-2H3. The molecule has 0 spiro atoms. The summed E-state index contributed by atoms with van der Waals surface area (Å²) in [4.78, 5) is 9.32. The Morgan fingerprint density at radius 3 is 2.84 bits per heavy atom. The van der Waals surface area contributed by atoms with Crippen molar-refractivity contribution in [1.29, 1.82) is 0 Å². The van der Waals surface area contributed by atoms with Crippen molar-refractivity contribution < 1.29 is 0 Å². The highest BCUT2D eigenvalue weighted by molar-refractivity contribution is 5.03. The maximum Gasteiger partial charge on any atom is 0.0543 e. The van der Waals surface area contributed by atoms with Crippen molar-refractivity contribution in [3.63, 3.8) is 0 Å². The third-order valence-corrected chi connectivity index (χ3v) is 3.56. The monoisotopic (exact) mass is 262 g/mol. The van der Waals surface area contributed by atoms with Crippen molar-refractivity contribution in [3.05, 3.63) is 30.1 Å². The first-order valence-electron chi connectivity index (χ1n) is 7.25. The number of nitrogens with one attached hydrogen (secondary N) is 1. The first-order chi connectivity index (χ1) is 9.24. The number of rotatable bonds is 6. The van der Waals surface area contributed by atoms with E-state index in [9.17, 15) is 0 Å². The highest BCUT2D eigenvalue weighted by atomic mass is 15.2. The molecular weight excluding hydrogens is 236 g/mol. The van der Waals surface area contributed by atoms with Crippen molar-refractivity contribution in [3.8, 4) is 0 Å². The number of aromatic nitrogens is 1. The molecule has 0 aliphatic carbocycles. The summed E-state index contributed by atoms with van der Waals surface area (Å²) in [6.45, 7) is 10.3. The zero-order valence-electron chi connectivity index (χ0n) is 12.2. The SMILES string of the molecule is CC(CN(C)Cc1ccccn1)CN1CCNCC1. The van der Waals surface area contributed by atoms with Gasteiger partial charge < -0.3 is 15.1 Å². The van der Waals surface area contributed by atoms with Gasteiger partial charge in [0.1, 0.15) is 0 Å². The summed E-state index contributed by atoms with van der Waals surface area (Å²) in [6.07, 6.45) is 1.87. The van der Waals surface area contributed by atoms with E-state index in [-0.39, 0.29) is 0 Å². The van der Waals surface area contributed by atoms with Crippen LogP contribution in [0, 0.1) is 5.92 Å². The maximum atomic E-state index is 4.38. The molecule has 0 bridgehead atoms. The minimum Gasteiger partial charge on any atom is -0.314 e. The molecule has 1 aromatic rings. The quantitative estimate of drug-likeness (QED) is 0.830. The Balaban J connectivity index is 1.70. The molecule has 0 amide bonds. The largest absolute Gasteiger partial charge is 0.314 e. The van der Waals surface area contributed by atoms with E-state index in [1.165, 1.54) is 19.6 Å². The van der Waals surface area contributed by atoms with Crippen LogP contribution >= 0.6 is 0 Å². The number of hydrogen-bond donors (Lipinski definition) is 1. The number of piperazine rings is 1. The van der Waals surface area contributed by atoms with Crippen molar-refractivity contribution in [2.45, 2.75) is 13.5 Å². The predicted molar refractivity (Wildman–Crippen MR) is 79.0 cm³/mol. The molecule has 19 heavy (non-hydrogen) atoms. The van der Waals surface area contributed by atoms with E-state index in [2.05, 4.69) is 46.2 Å². The topological polar surface area (TPSA) is 31.4 Å². The molecular formula is C15H26N4. The van der Waals surface area contributed by atoms with E-state index in [0.29, 0.717) is 5.92 Å². The molecule has 0 aromatic carbocycles. The molecule has 2 rings (SSSR count). The lowest BCUT2D eigenvalue weighted by atomic mass is 10.1. The summed E-state index contributed by atoms with van der Waals surface area (Å²) in [6, 6.07) is 6.12.